The molecule has 1 fully saturated rings. The standard InChI is InChI=1S/C24H21F4N3O2/c1-14-5-8-20(19(27)9-14)30-22-17(6-7-18(26)21(22)28)23(32)31-12-24(33,13-31)11-29-16-4-2-3-15(25)10-16/h2-10,29-30,33H,11-13H2,1H3. The fraction of sp³-hybridized carbons (Fsp3) is 0.208. The highest BCUT2D eigenvalue weighted by Crippen LogP contribution is 2.31. The highest BCUT2D eigenvalue weighted by atomic mass is 19.2. The van der Waals surface area contributed by atoms with Crippen LogP contribution in [0.15, 0.2) is 54.6 Å². The summed E-state index contributed by atoms with van der Waals surface area (Å²) in [5.41, 5.74) is -0.971. The molecule has 0 spiro atoms. The number of β-amino-alcohol motifs (C(OH)–C–C–N with tert-alkyl or cyclic N) is 1. The number of carbonyl (C=O) groups is 1. The molecule has 0 aliphatic carbocycles. The zero-order chi connectivity index (χ0) is 23.8. The van der Waals surface area contributed by atoms with Crippen LogP contribution in [0, 0.1) is 30.2 Å². The smallest absolute Gasteiger partial charge is 0.256 e. The van der Waals surface area contributed by atoms with Crippen LogP contribution in [-0.4, -0.2) is 41.1 Å². The highest BCUT2D eigenvalue weighted by Gasteiger charge is 2.44. The summed E-state index contributed by atoms with van der Waals surface area (Å²) in [7, 11) is 0. The number of rotatable bonds is 6. The Kier molecular flexibility index (Phi) is 5.99. The lowest BCUT2D eigenvalue weighted by atomic mass is 9.92. The molecule has 0 bridgehead atoms. The quantitative estimate of drug-likeness (QED) is 0.472. The summed E-state index contributed by atoms with van der Waals surface area (Å²) < 4.78 is 56.0. The van der Waals surface area contributed by atoms with Gasteiger partial charge in [-0.1, -0.05) is 12.1 Å². The molecule has 1 amide bonds. The predicted octanol–water partition coefficient (Wildman–Crippen LogP) is 4.59. The molecule has 5 nitrogen and oxygen atoms in total. The maximum atomic E-state index is 14.6. The lowest BCUT2D eigenvalue weighted by Gasteiger charge is -2.46. The minimum Gasteiger partial charge on any atom is -0.384 e. The largest absolute Gasteiger partial charge is 0.384 e. The van der Waals surface area contributed by atoms with Crippen molar-refractivity contribution in [3.63, 3.8) is 0 Å². The van der Waals surface area contributed by atoms with Crippen LogP contribution in [0.5, 0.6) is 0 Å². The van der Waals surface area contributed by atoms with Gasteiger partial charge < -0.3 is 20.6 Å². The first kappa shape index (κ1) is 22.6. The summed E-state index contributed by atoms with van der Waals surface area (Å²) in [5, 5.41) is 16.0. The number of hydrogen-bond donors (Lipinski definition) is 3. The van der Waals surface area contributed by atoms with Gasteiger partial charge in [-0.3, -0.25) is 4.79 Å². The lowest BCUT2D eigenvalue weighted by molar-refractivity contribution is -0.0706. The number of hydrogen-bond acceptors (Lipinski definition) is 4. The number of benzene rings is 3. The van der Waals surface area contributed by atoms with E-state index in [1.165, 1.54) is 35.2 Å². The number of anilines is 3. The Morgan fingerprint density at radius 3 is 2.48 bits per heavy atom. The van der Waals surface area contributed by atoms with Gasteiger partial charge in [-0.25, -0.2) is 17.6 Å². The Morgan fingerprint density at radius 1 is 1.03 bits per heavy atom. The second-order valence-electron chi connectivity index (χ2n) is 8.14. The molecule has 9 heteroatoms. The molecule has 0 aromatic heterocycles. The van der Waals surface area contributed by atoms with Crippen molar-refractivity contribution in [3.8, 4) is 0 Å². The third-order valence-corrected chi connectivity index (χ3v) is 5.41. The summed E-state index contributed by atoms with van der Waals surface area (Å²) in [6.07, 6.45) is 0. The number of amides is 1. The van der Waals surface area contributed by atoms with E-state index in [1.807, 2.05) is 0 Å². The fourth-order valence-corrected chi connectivity index (χ4v) is 3.66. The van der Waals surface area contributed by atoms with E-state index in [4.69, 9.17) is 0 Å². The minimum absolute atomic E-state index is 0.0533. The highest BCUT2D eigenvalue weighted by molar-refractivity contribution is 6.01. The van der Waals surface area contributed by atoms with Crippen molar-refractivity contribution < 1.29 is 27.5 Å². The van der Waals surface area contributed by atoms with Gasteiger partial charge in [0.25, 0.3) is 5.91 Å². The molecule has 0 saturated carbocycles. The second-order valence-corrected chi connectivity index (χ2v) is 8.14. The summed E-state index contributed by atoms with van der Waals surface area (Å²) in [6.45, 7) is 1.58. The van der Waals surface area contributed by atoms with Gasteiger partial charge in [0.05, 0.1) is 30.0 Å². The molecule has 0 unspecified atom stereocenters. The molecule has 1 saturated heterocycles. The first-order valence-corrected chi connectivity index (χ1v) is 10.2. The number of aliphatic hydroxyl groups is 1. The SMILES string of the molecule is Cc1ccc(Nc2c(C(=O)N3CC(O)(CNc4cccc(F)c4)C3)ccc(F)c2F)c(F)c1. The van der Waals surface area contributed by atoms with E-state index in [2.05, 4.69) is 10.6 Å². The van der Waals surface area contributed by atoms with E-state index in [0.29, 0.717) is 11.3 Å². The van der Waals surface area contributed by atoms with Crippen LogP contribution in [0.4, 0.5) is 34.6 Å². The van der Waals surface area contributed by atoms with E-state index >= 15 is 0 Å². The van der Waals surface area contributed by atoms with Gasteiger partial charge in [-0.2, -0.15) is 0 Å². The zero-order valence-electron chi connectivity index (χ0n) is 17.6. The molecule has 0 atom stereocenters. The van der Waals surface area contributed by atoms with Crippen molar-refractivity contribution in [1.29, 1.82) is 0 Å². The summed E-state index contributed by atoms with van der Waals surface area (Å²) in [4.78, 5) is 14.2. The van der Waals surface area contributed by atoms with E-state index in [1.54, 1.807) is 19.1 Å². The van der Waals surface area contributed by atoms with E-state index in [0.717, 1.165) is 12.1 Å². The number of carbonyl (C=O) groups excluding carboxylic acids is 1. The van der Waals surface area contributed by atoms with Crippen LogP contribution in [0.2, 0.25) is 0 Å². The van der Waals surface area contributed by atoms with Crippen molar-refractivity contribution in [2.45, 2.75) is 12.5 Å². The van der Waals surface area contributed by atoms with Crippen LogP contribution in [0.3, 0.4) is 0 Å². The lowest BCUT2D eigenvalue weighted by Crippen LogP contribution is -2.66. The predicted molar refractivity (Wildman–Crippen MR) is 117 cm³/mol. The average Bonchev–Trinajstić information content (AvgIpc) is 2.75. The normalized spacial score (nSPS) is 14.5. The van der Waals surface area contributed by atoms with Crippen LogP contribution < -0.4 is 10.6 Å². The van der Waals surface area contributed by atoms with Gasteiger partial charge in [0.15, 0.2) is 11.6 Å². The molecule has 33 heavy (non-hydrogen) atoms. The van der Waals surface area contributed by atoms with Crippen LogP contribution >= 0.6 is 0 Å². The Balaban J connectivity index is 1.49. The van der Waals surface area contributed by atoms with Gasteiger partial charge in [0.2, 0.25) is 0 Å². The average molecular weight is 459 g/mol. The Hall–Kier alpha value is -3.59. The number of aryl methyl sites for hydroxylation is 1. The number of nitrogens with zero attached hydrogens (tertiary/aromatic N) is 1. The third kappa shape index (κ3) is 4.78. The molecular formula is C24H21F4N3O2. The molecule has 3 N–H and O–H groups in total. The number of likely N-dealkylation sites (tertiary alicyclic amines) is 1. The molecule has 0 radical (unpaired) electrons. The first-order valence-electron chi connectivity index (χ1n) is 10.2. The molecule has 4 rings (SSSR count). The maximum absolute atomic E-state index is 14.6. The van der Waals surface area contributed by atoms with Crippen molar-refractivity contribution in [2.24, 2.45) is 0 Å². The molecule has 1 heterocycles. The zero-order valence-corrected chi connectivity index (χ0v) is 17.6. The molecular weight excluding hydrogens is 438 g/mol. The molecule has 1 aliphatic rings. The summed E-state index contributed by atoms with van der Waals surface area (Å²) in [6, 6.07) is 11.8. The molecule has 3 aromatic carbocycles. The van der Waals surface area contributed by atoms with Gasteiger partial charge in [0, 0.05) is 12.2 Å². The summed E-state index contributed by atoms with van der Waals surface area (Å²) >= 11 is 0. The summed E-state index contributed by atoms with van der Waals surface area (Å²) in [5.74, 6) is -4.27. The van der Waals surface area contributed by atoms with Gasteiger partial charge in [-0.15, -0.1) is 0 Å². The van der Waals surface area contributed by atoms with Gasteiger partial charge in [0.1, 0.15) is 17.2 Å². The molecule has 172 valence electrons. The topological polar surface area (TPSA) is 64.6 Å². The number of halogens is 4. The monoisotopic (exact) mass is 459 g/mol. The molecule has 3 aromatic rings. The maximum Gasteiger partial charge on any atom is 0.256 e. The fourth-order valence-electron chi connectivity index (χ4n) is 3.66. The van der Waals surface area contributed by atoms with Crippen LogP contribution in [-0.2, 0) is 0 Å². The number of nitrogens with one attached hydrogen (secondary N) is 2. The van der Waals surface area contributed by atoms with Crippen LogP contribution in [0.1, 0.15) is 15.9 Å². The second kappa shape index (κ2) is 8.74. The van der Waals surface area contributed by atoms with Gasteiger partial charge >= 0.3 is 0 Å². The van der Waals surface area contributed by atoms with E-state index in [-0.39, 0.29) is 30.9 Å². The third-order valence-electron chi connectivity index (χ3n) is 5.41. The van der Waals surface area contributed by atoms with E-state index in [9.17, 15) is 27.5 Å². The van der Waals surface area contributed by atoms with Crippen molar-refractivity contribution in [2.75, 3.05) is 30.3 Å². The Labute approximate surface area is 187 Å². The van der Waals surface area contributed by atoms with Crippen molar-refractivity contribution >= 4 is 23.0 Å². The molecule has 1 aliphatic heterocycles. The van der Waals surface area contributed by atoms with Gasteiger partial charge in [-0.05, 0) is 55.0 Å². The van der Waals surface area contributed by atoms with Crippen molar-refractivity contribution in [3.05, 3.63) is 89.0 Å². The van der Waals surface area contributed by atoms with Crippen LogP contribution in [0.25, 0.3) is 0 Å². The van der Waals surface area contributed by atoms with E-state index < -0.39 is 40.5 Å². The van der Waals surface area contributed by atoms with Crippen molar-refractivity contribution in [1.82, 2.24) is 4.90 Å². The minimum atomic E-state index is -1.32. The Bertz CT molecular complexity index is 1210. The first-order chi connectivity index (χ1) is 15.6. The Morgan fingerprint density at radius 2 is 1.79 bits per heavy atom.